The first-order chi connectivity index (χ1) is 15.5. The summed E-state index contributed by atoms with van der Waals surface area (Å²) >= 11 is 0. The first-order valence-corrected chi connectivity index (χ1v) is 10.7. The largest absolute Gasteiger partial charge is 0.484 e. The maximum atomic E-state index is 13.8. The van der Waals surface area contributed by atoms with Gasteiger partial charge in [-0.1, -0.05) is 49.2 Å². The minimum absolute atomic E-state index is 0.153. The summed E-state index contributed by atoms with van der Waals surface area (Å²) in [6.45, 7) is -0.153. The Morgan fingerprint density at radius 1 is 0.844 bits per heavy atom. The third kappa shape index (κ3) is 4.97. The number of nitrogens with one attached hydrogen (secondary N) is 2. The molecule has 0 bridgehead atoms. The number of rotatable bonds is 7. The third-order valence-electron chi connectivity index (χ3n) is 5.79. The highest BCUT2D eigenvalue weighted by atomic mass is 19.1. The van der Waals surface area contributed by atoms with Crippen LogP contribution in [-0.2, 0) is 15.0 Å². The van der Waals surface area contributed by atoms with E-state index < -0.39 is 5.41 Å². The van der Waals surface area contributed by atoms with E-state index in [1.807, 2.05) is 24.3 Å². The third-order valence-corrected chi connectivity index (χ3v) is 5.79. The van der Waals surface area contributed by atoms with E-state index in [2.05, 4.69) is 10.6 Å². The van der Waals surface area contributed by atoms with Crippen LogP contribution in [0.3, 0.4) is 0 Å². The molecule has 3 aromatic carbocycles. The van der Waals surface area contributed by atoms with Gasteiger partial charge in [-0.2, -0.15) is 0 Å². The fourth-order valence-electron chi connectivity index (χ4n) is 4.19. The van der Waals surface area contributed by atoms with Gasteiger partial charge in [-0.25, -0.2) is 4.39 Å². The van der Waals surface area contributed by atoms with Gasteiger partial charge in [0.25, 0.3) is 5.91 Å². The number of carbonyl (C=O) groups excluding carboxylic acids is 2. The van der Waals surface area contributed by atoms with E-state index in [1.54, 1.807) is 42.5 Å². The zero-order chi connectivity index (χ0) is 22.4. The van der Waals surface area contributed by atoms with E-state index in [4.69, 9.17) is 4.74 Å². The zero-order valence-electron chi connectivity index (χ0n) is 17.6. The van der Waals surface area contributed by atoms with E-state index >= 15 is 0 Å². The van der Waals surface area contributed by atoms with Crippen LogP contribution in [-0.4, -0.2) is 18.4 Å². The summed E-state index contributed by atoms with van der Waals surface area (Å²) in [6, 6.07) is 22.4. The van der Waals surface area contributed by atoms with Gasteiger partial charge in [-0.15, -0.1) is 0 Å². The number of hydrogen-bond donors (Lipinski definition) is 2. The molecule has 1 fully saturated rings. The maximum absolute atomic E-state index is 13.8. The first-order valence-electron chi connectivity index (χ1n) is 10.7. The van der Waals surface area contributed by atoms with Crippen molar-refractivity contribution in [1.82, 2.24) is 0 Å². The molecule has 164 valence electrons. The SMILES string of the molecule is O=C(COc1cccc(NC(=O)C2(c3cccc(F)c3)CCCC2)c1)Nc1ccccc1. The summed E-state index contributed by atoms with van der Waals surface area (Å²) in [4.78, 5) is 25.4. The van der Waals surface area contributed by atoms with Crippen LogP contribution >= 0.6 is 0 Å². The lowest BCUT2D eigenvalue weighted by atomic mass is 9.78. The van der Waals surface area contributed by atoms with E-state index in [0.717, 1.165) is 12.8 Å². The highest BCUT2D eigenvalue weighted by Crippen LogP contribution is 2.42. The molecule has 0 aromatic heterocycles. The Bertz CT molecular complexity index is 1090. The van der Waals surface area contributed by atoms with Crippen molar-refractivity contribution in [2.24, 2.45) is 0 Å². The minimum atomic E-state index is -0.742. The number of carbonyl (C=O) groups is 2. The monoisotopic (exact) mass is 432 g/mol. The molecular formula is C26H25FN2O3. The van der Waals surface area contributed by atoms with E-state index in [9.17, 15) is 14.0 Å². The number of para-hydroxylation sites is 1. The Labute approximate surface area is 186 Å². The van der Waals surface area contributed by atoms with Crippen LogP contribution in [0.15, 0.2) is 78.9 Å². The van der Waals surface area contributed by atoms with Gasteiger partial charge in [0.1, 0.15) is 11.6 Å². The van der Waals surface area contributed by atoms with Gasteiger partial charge in [-0.05, 0) is 54.8 Å². The Hall–Kier alpha value is -3.67. The summed E-state index contributed by atoms with van der Waals surface area (Å²) in [5.41, 5.74) is 1.23. The second kappa shape index (κ2) is 9.64. The Morgan fingerprint density at radius 3 is 2.31 bits per heavy atom. The molecule has 32 heavy (non-hydrogen) atoms. The van der Waals surface area contributed by atoms with Crippen molar-refractivity contribution < 1.29 is 18.7 Å². The molecular weight excluding hydrogens is 407 g/mol. The molecule has 3 aromatic rings. The Balaban J connectivity index is 1.41. The highest BCUT2D eigenvalue weighted by molar-refractivity contribution is 5.99. The van der Waals surface area contributed by atoms with Gasteiger partial charge in [0.2, 0.25) is 5.91 Å². The molecule has 6 heteroatoms. The lowest BCUT2D eigenvalue weighted by Crippen LogP contribution is -2.38. The predicted molar refractivity (Wildman–Crippen MR) is 122 cm³/mol. The van der Waals surface area contributed by atoms with Crippen molar-refractivity contribution in [1.29, 1.82) is 0 Å². The molecule has 0 spiro atoms. The zero-order valence-corrected chi connectivity index (χ0v) is 17.6. The molecule has 0 saturated heterocycles. The topological polar surface area (TPSA) is 67.4 Å². The average Bonchev–Trinajstić information content (AvgIpc) is 3.30. The van der Waals surface area contributed by atoms with Gasteiger partial charge >= 0.3 is 0 Å². The Morgan fingerprint density at radius 2 is 1.56 bits per heavy atom. The van der Waals surface area contributed by atoms with Crippen LogP contribution in [0.4, 0.5) is 15.8 Å². The van der Waals surface area contributed by atoms with Crippen molar-refractivity contribution in [3.8, 4) is 5.75 Å². The number of anilines is 2. The van der Waals surface area contributed by atoms with Crippen molar-refractivity contribution >= 4 is 23.2 Å². The molecule has 0 aliphatic heterocycles. The molecule has 1 aliphatic rings. The number of amides is 2. The number of halogens is 1. The van der Waals surface area contributed by atoms with E-state index in [0.29, 0.717) is 35.5 Å². The highest BCUT2D eigenvalue weighted by Gasteiger charge is 2.42. The fourth-order valence-corrected chi connectivity index (χ4v) is 4.19. The molecule has 2 N–H and O–H groups in total. The van der Waals surface area contributed by atoms with Crippen LogP contribution in [0.25, 0.3) is 0 Å². The predicted octanol–water partition coefficient (Wildman–Crippen LogP) is 5.29. The molecule has 0 heterocycles. The fraction of sp³-hybridized carbons (Fsp3) is 0.231. The summed E-state index contributed by atoms with van der Waals surface area (Å²) < 4.78 is 19.4. The van der Waals surface area contributed by atoms with Crippen LogP contribution in [0.5, 0.6) is 5.75 Å². The maximum Gasteiger partial charge on any atom is 0.262 e. The lowest BCUT2D eigenvalue weighted by molar-refractivity contribution is -0.121. The summed E-state index contributed by atoms with van der Waals surface area (Å²) in [5, 5.41) is 5.73. The molecule has 0 unspecified atom stereocenters. The molecule has 1 aliphatic carbocycles. The van der Waals surface area contributed by atoms with Crippen molar-refractivity contribution in [2.45, 2.75) is 31.1 Å². The number of benzene rings is 3. The molecule has 1 saturated carbocycles. The number of ether oxygens (including phenoxy) is 1. The standard InChI is InChI=1S/C26H25FN2O3/c27-20-9-6-8-19(16-20)26(14-4-5-15-26)25(31)29-22-12-7-13-23(17-22)32-18-24(30)28-21-10-2-1-3-11-21/h1-3,6-13,16-17H,4-5,14-15,18H2,(H,28,30)(H,29,31). The second-order valence-electron chi connectivity index (χ2n) is 7.98. The smallest absolute Gasteiger partial charge is 0.262 e. The molecule has 0 radical (unpaired) electrons. The minimum Gasteiger partial charge on any atom is -0.484 e. The molecule has 2 amide bonds. The summed E-state index contributed by atoms with van der Waals surface area (Å²) in [7, 11) is 0. The van der Waals surface area contributed by atoms with Gasteiger partial charge in [0.15, 0.2) is 6.61 Å². The number of hydrogen-bond acceptors (Lipinski definition) is 3. The van der Waals surface area contributed by atoms with Gasteiger partial charge in [0.05, 0.1) is 5.41 Å². The second-order valence-corrected chi connectivity index (χ2v) is 7.98. The normalized spacial score (nSPS) is 14.5. The van der Waals surface area contributed by atoms with Crippen LogP contribution < -0.4 is 15.4 Å². The lowest BCUT2D eigenvalue weighted by Gasteiger charge is -2.28. The van der Waals surface area contributed by atoms with Crippen LogP contribution in [0.1, 0.15) is 31.2 Å². The van der Waals surface area contributed by atoms with E-state index in [1.165, 1.54) is 12.1 Å². The van der Waals surface area contributed by atoms with Crippen molar-refractivity contribution in [3.63, 3.8) is 0 Å². The van der Waals surface area contributed by atoms with Crippen molar-refractivity contribution in [3.05, 3.63) is 90.2 Å². The van der Waals surface area contributed by atoms with E-state index in [-0.39, 0.29) is 24.2 Å². The summed E-state index contributed by atoms with van der Waals surface area (Å²) in [6.07, 6.45) is 3.20. The van der Waals surface area contributed by atoms with Crippen molar-refractivity contribution in [2.75, 3.05) is 17.2 Å². The quantitative estimate of drug-likeness (QED) is 0.533. The van der Waals surface area contributed by atoms with Crippen LogP contribution in [0.2, 0.25) is 0 Å². The molecule has 0 atom stereocenters. The first kappa shape index (κ1) is 21.6. The Kier molecular flexibility index (Phi) is 6.50. The average molecular weight is 432 g/mol. The summed E-state index contributed by atoms with van der Waals surface area (Å²) in [5.74, 6) is -0.302. The van der Waals surface area contributed by atoms with Gasteiger partial charge in [-0.3, -0.25) is 9.59 Å². The van der Waals surface area contributed by atoms with Gasteiger partial charge in [0, 0.05) is 17.4 Å². The van der Waals surface area contributed by atoms with Gasteiger partial charge < -0.3 is 15.4 Å². The van der Waals surface area contributed by atoms with Crippen LogP contribution in [0, 0.1) is 5.82 Å². The molecule has 4 rings (SSSR count). The molecule has 5 nitrogen and oxygen atoms in total.